The van der Waals surface area contributed by atoms with Crippen LogP contribution in [-0.2, 0) is 24.4 Å². The molecule has 248 valence electrons. The number of methoxy groups -OCH3 is 1. The smallest absolute Gasteiger partial charge is 0.312 e. The molecule has 2 aliphatic carbocycles. The number of likely N-dealkylation sites (tertiary alicyclic amines) is 1. The molecule has 1 aliphatic heterocycles. The highest BCUT2D eigenvalue weighted by Gasteiger charge is 2.62. The van der Waals surface area contributed by atoms with Crippen LogP contribution in [-0.4, -0.2) is 84.7 Å². The Morgan fingerprint density at radius 1 is 1.20 bits per heavy atom. The van der Waals surface area contributed by atoms with Gasteiger partial charge in [0.15, 0.2) is 0 Å². The third kappa shape index (κ3) is 6.59. The second-order valence-electron chi connectivity index (χ2n) is 13.2. The number of primary amides is 1. The first-order chi connectivity index (χ1) is 21.6. The minimum Gasteiger partial charge on any atom is -0.497 e. The van der Waals surface area contributed by atoms with Gasteiger partial charge in [0.1, 0.15) is 29.5 Å². The molecule has 5 rings (SSSR count). The zero-order valence-corrected chi connectivity index (χ0v) is 27.1. The van der Waals surface area contributed by atoms with Crippen LogP contribution in [0.1, 0.15) is 46.5 Å². The standard InChI is InChI=1S/C31H40N6O8S/c1-6-18-15-31(18,28(40)36-46(42,43)21-8-9-21)35-25(38)23-14-20(16-37(23)27(39)24(30(2,3)4)34-29(32)41)45-26-22-10-7-19(44-5)13-17(22)11-12-33-26/h6-7,10-13,18,20-21,23-24H,1,8-9,14-16H2,2-5H3,(H,35,38)(H,36,40)(H3,32,34,41)/t18-,20?,23+,24-,31-/m1/s1. The third-order valence-electron chi connectivity index (χ3n) is 8.71. The van der Waals surface area contributed by atoms with E-state index in [1.807, 2.05) is 6.07 Å². The van der Waals surface area contributed by atoms with Gasteiger partial charge in [-0.25, -0.2) is 18.2 Å². The lowest BCUT2D eigenvalue weighted by Crippen LogP contribution is -2.60. The number of pyridine rings is 1. The molecule has 5 atom stereocenters. The van der Waals surface area contributed by atoms with Crippen LogP contribution in [0.4, 0.5) is 4.79 Å². The molecule has 5 amide bonds. The third-order valence-corrected chi connectivity index (χ3v) is 10.5. The van der Waals surface area contributed by atoms with E-state index in [1.165, 1.54) is 11.0 Å². The number of urea groups is 1. The zero-order chi connectivity index (χ0) is 33.6. The Morgan fingerprint density at radius 2 is 1.91 bits per heavy atom. The van der Waals surface area contributed by atoms with E-state index in [4.69, 9.17) is 15.2 Å². The summed E-state index contributed by atoms with van der Waals surface area (Å²) < 4.78 is 38.9. The molecular weight excluding hydrogens is 616 g/mol. The molecule has 0 spiro atoms. The summed E-state index contributed by atoms with van der Waals surface area (Å²) in [6.45, 7) is 8.93. The average Bonchev–Trinajstić information content (AvgIpc) is 3.91. The van der Waals surface area contributed by atoms with Crippen molar-refractivity contribution < 1.29 is 37.1 Å². The summed E-state index contributed by atoms with van der Waals surface area (Å²) in [7, 11) is -2.32. The van der Waals surface area contributed by atoms with E-state index >= 15 is 0 Å². The molecule has 2 saturated carbocycles. The number of carbonyl (C=O) groups excluding carboxylic acids is 4. The Kier molecular flexibility index (Phi) is 8.66. The zero-order valence-electron chi connectivity index (χ0n) is 26.2. The second kappa shape index (κ2) is 12.1. The monoisotopic (exact) mass is 656 g/mol. The van der Waals surface area contributed by atoms with Crippen molar-refractivity contribution >= 4 is 44.5 Å². The van der Waals surface area contributed by atoms with Crippen molar-refractivity contribution in [3.8, 4) is 11.6 Å². The average molecular weight is 657 g/mol. The fourth-order valence-electron chi connectivity index (χ4n) is 5.86. The SMILES string of the molecule is C=C[C@@H]1C[C@]1(NC(=O)[C@@H]1CC(Oc2nccc3cc(OC)ccc23)CN1C(=O)[C@@H](NC(N)=O)C(C)(C)C)C(=O)NS(=O)(=O)C1CC1. The summed E-state index contributed by atoms with van der Waals surface area (Å²) in [4.78, 5) is 58.9. The van der Waals surface area contributed by atoms with Gasteiger partial charge in [0, 0.05) is 23.9 Å². The molecule has 1 unspecified atom stereocenters. The van der Waals surface area contributed by atoms with E-state index in [2.05, 4.69) is 26.9 Å². The Labute approximate surface area is 267 Å². The maximum atomic E-state index is 14.0. The highest BCUT2D eigenvalue weighted by Crippen LogP contribution is 2.45. The van der Waals surface area contributed by atoms with Gasteiger partial charge in [-0.15, -0.1) is 6.58 Å². The van der Waals surface area contributed by atoms with Crippen molar-refractivity contribution in [2.75, 3.05) is 13.7 Å². The molecular formula is C31H40N6O8S. The van der Waals surface area contributed by atoms with Crippen LogP contribution in [0.25, 0.3) is 10.8 Å². The summed E-state index contributed by atoms with van der Waals surface area (Å²) >= 11 is 0. The number of aromatic nitrogens is 1. The summed E-state index contributed by atoms with van der Waals surface area (Å²) in [5.41, 5.74) is 3.08. The minimum atomic E-state index is -3.88. The van der Waals surface area contributed by atoms with Gasteiger partial charge >= 0.3 is 6.03 Å². The number of sulfonamides is 1. The number of benzene rings is 1. The number of fused-ring (bicyclic) bond motifs is 1. The molecule has 1 aromatic heterocycles. The summed E-state index contributed by atoms with van der Waals surface area (Å²) in [6.07, 6.45) is 3.44. The summed E-state index contributed by atoms with van der Waals surface area (Å²) in [5.74, 6) is -1.67. The first-order valence-corrected chi connectivity index (χ1v) is 16.6. The van der Waals surface area contributed by atoms with Crippen LogP contribution in [0.3, 0.4) is 0 Å². The van der Waals surface area contributed by atoms with Gasteiger partial charge in [-0.3, -0.25) is 19.1 Å². The molecule has 3 fully saturated rings. The summed E-state index contributed by atoms with van der Waals surface area (Å²) in [6, 6.07) is 4.05. The van der Waals surface area contributed by atoms with Crippen molar-refractivity contribution in [1.29, 1.82) is 0 Å². The molecule has 46 heavy (non-hydrogen) atoms. The number of nitrogens with one attached hydrogen (secondary N) is 3. The minimum absolute atomic E-state index is 0.0239. The lowest BCUT2D eigenvalue weighted by molar-refractivity contribution is -0.142. The Balaban J connectivity index is 1.43. The van der Waals surface area contributed by atoms with Crippen LogP contribution in [0.15, 0.2) is 43.1 Å². The quantitative estimate of drug-likeness (QED) is 0.258. The number of ether oxygens (including phenoxy) is 2. The molecule has 5 N–H and O–H groups in total. The lowest BCUT2D eigenvalue weighted by atomic mass is 9.85. The van der Waals surface area contributed by atoms with Gasteiger partial charge in [-0.1, -0.05) is 26.8 Å². The van der Waals surface area contributed by atoms with Gasteiger partial charge in [-0.05, 0) is 54.3 Å². The van der Waals surface area contributed by atoms with Gasteiger partial charge in [0.2, 0.25) is 27.7 Å². The van der Waals surface area contributed by atoms with Crippen molar-refractivity contribution in [3.63, 3.8) is 0 Å². The number of nitrogens with zero attached hydrogens (tertiary/aromatic N) is 2. The van der Waals surface area contributed by atoms with Gasteiger partial charge in [-0.2, -0.15) is 0 Å². The number of rotatable bonds is 11. The Hall–Kier alpha value is -4.40. The van der Waals surface area contributed by atoms with E-state index < -0.39 is 74.1 Å². The number of hydrogen-bond acceptors (Lipinski definition) is 9. The second-order valence-corrected chi connectivity index (χ2v) is 15.1. The van der Waals surface area contributed by atoms with Crippen molar-refractivity contribution in [2.45, 2.75) is 75.4 Å². The lowest BCUT2D eigenvalue weighted by Gasteiger charge is -2.35. The van der Waals surface area contributed by atoms with E-state index in [0.29, 0.717) is 24.0 Å². The normalized spacial score (nSPS) is 24.9. The molecule has 1 aromatic carbocycles. The number of hydrogen-bond donors (Lipinski definition) is 4. The summed E-state index contributed by atoms with van der Waals surface area (Å²) in [5, 5.41) is 6.10. The van der Waals surface area contributed by atoms with E-state index in [9.17, 15) is 27.6 Å². The fraction of sp³-hybridized carbons (Fsp3) is 0.516. The van der Waals surface area contributed by atoms with E-state index in [-0.39, 0.29) is 25.3 Å². The number of carbonyl (C=O) groups is 4. The molecule has 0 bridgehead atoms. The molecule has 2 aromatic rings. The fourth-order valence-corrected chi connectivity index (χ4v) is 7.22. The number of nitrogens with two attached hydrogens (primary N) is 1. The predicted octanol–water partition coefficient (Wildman–Crippen LogP) is 1.34. The highest BCUT2D eigenvalue weighted by atomic mass is 32.2. The maximum absolute atomic E-state index is 14.0. The predicted molar refractivity (Wildman–Crippen MR) is 168 cm³/mol. The van der Waals surface area contributed by atoms with Crippen LogP contribution in [0.2, 0.25) is 0 Å². The van der Waals surface area contributed by atoms with Gasteiger partial charge in [0.05, 0.1) is 18.9 Å². The molecule has 15 heteroatoms. The Bertz CT molecular complexity index is 1690. The molecule has 0 radical (unpaired) electrons. The van der Waals surface area contributed by atoms with Crippen molar-refractivity contribution in [2.24, 2.45) is 17.1 Å². The van der Waals surface area contributed by atoms with Crippen LogP contribution in [0.5, 0.6) is 11.6 Å². The van der Waals surface area contributed by atoms with Crippen LogP contribution >= 0.6 is 0 Å². The van der Waals surface area contributed by atoms with Crippen molar-refractivity contribution in [1.82, 2.24) is 25.2 Å². The maximum Gasteiger partial charge on any atom is 0.312 e. The highest BCUT2D eigenvalue weighted by molar-refractivity contribution is 7.91. The molecule has 14 nitrogen and oxygen atoms in total. The molecule has 2 heterocycles. The molecule has 3 aliphatic rings. The van der Waals surface area contributed by atoms with Crippen LogP contribution < -0.4 is 30.6 Å². The largest absolute Gasteiger partial charge is 0.497 e. The Morgan fingerprint density at radius 3 is 2.50 bits per heavy atom. The van der Waals surface area contributed by atoms with Gasteiger partial charge in [0.25, 0.3) is 5.91 Å². The van der Waals surface area contributed by atoms with Gasteiger partial charge < -0.3 is 30.7 Å². The van der Waals surface area contributed by atoms with Crippen molar-refractivity contribution in [3.05, 3.63) is 43.1 Å². The first-order valence-electron chi connectivity index (χ1n) is 15.1. The topological polar surface area (TPSA) is 199 Å². The van der Waals surface area contributed by atoms with Crippen LogP contribution in [0, 0.1) is 11.3 Å². The van der Waals surface area contributed by atoms with E-state index in [0.717, 1.165) is 5.39 Å². The molecule has 1 saturated heterocycles. The van der Waals surface area contributed by atoms with E-state index in [1.54, 1.807) is 52.3 Å². The number of amides is 5. The first kappa shape index (κ1) is 33.0.